The average molecular weight is 251 g/mol. The molecule has 1 aliphatic heterocycles. The van der Waals surface area contributed by atoms with E-state index >= 15 is 0 Å². The predicted molar refractivity (Wildman–Crippen MR) is 63.9 cm³/mol. The molecule has 0 aliphatic carbocycles. The minimum absolute atomic E-state index is 0.104. The van der Waals surface area contributed by atoms with Crippen molar-refractivity contribution < 1.29 is 17.5 Å². The van der Waals surface area contributed by atoms with Gasteiger partial charge in [-0.15, -0.1) is 0 Å². The van der Waals surface area contributed by atoms with Gasteiger partial charge in [-0.1, -0.05) is 0 Å². The summed E-state index contributed by atoms with van der Waals surface area (Å²) in [6.07, 6.45) is 1.42. The van der Waals surface area contributed by atoms with Gasteiger partial charge in [0.25, 0.3) is 10.1 Å². The fraction of sp³-hybridized carbons (Fsp3) is 1.00. The summed E-state index contributed by atoms with van der Waals surface area (Å²) < 4.78 is 30.7. The molecule has 1 fully saturated rings. The molecule has 0 atom stereocenters. The van der Waals surface area contributed by atoms with Gasteiger partial charge in [0.15, 0.2) is 0 Å². The Labute approximate surface area is 98.4 Å². The molecule has 1 rings (SSSR count). The largest absolute Gasteiger partial charge is 0.324 e. The predicted octanol–water partition coefficient (Wildman–Crippen LogP) is 0.0464. The van der Waals surface area contributed by atoms with Gasteiger partial charge in [-0.05, 0) is 19.9 Å². The Kier molecular flexibility index (Phi) is 4.73. The van der Waals surface area contributed by atoms with Crippen molar-refractivity contribution in [2.45, 2.75) is 12.8 Å². The fourth-order valence-corrected chi connectivity index (χ4v) is 2.62. The lowest BCUT2D eigenvalue weighted by atomic mass is 10.2. The molecule has 0 unspecified atom stereocenters. The molecule has 1 aliphatic rings. The number of hydrogen-bond acceptors (Lipinski definition) is 3. The highest BCUT2D eigenvalue weighted by molar-refractivity contribution is 7.85. The maximum atomic E-state index is 10.5. The zero-order chi connectivity index (χ0) is 12.2. The summed E-state index contributed by atoms with van der Waals surface area (Å²) in [5.41, 5.74) is 0. The van der Waals surface area contributed by atoms with Crippen LogP contribution in [0.5, 0.6) is 0 Å². The second kappa shape index (κ2) is 5.44. The second-order valence-corrected chi connectivity index (χ2v) is 6.66. The lowest BCUT2D eigenvalue weighted by Crippen LogP contribution is -2.56. The van der Waals surface area contributed by atoms with E-state index < -0.39 is 10.1 Å². The Bertz CT molecular complexity index is 308. The summed E-state index contributed by atoms with van der Waals surface area (Å²) in [6.45, 7) is 5.47. The third-order valence-corrected chi connectivity index (χ3v) is 4.20. The molecule has 0 radical (unpaired) electrons. The lowest BCUT2D eigenvalue weighted by Gasteiger charge is -2.41. The van der Waals surface area contributed by atoms with Crippen molar-refractivity contribution in [3.05, 3.63) is 0 Å². The van der Waals surface area contributed by atoms with E-state index in [2.05, 4.69) is 19.0 Å². The highest BCUT2D eigenvalue weighted by Gasteiger charge is 2.26. The van der Waals surface area contributed by atoms with E-state index in [4.69, 9.17) is 4.55 Å². The molecule has 1 heterocycles. The van der Waals surface area contributed by atoms with Crippen LogP contribution in [0.4, 0.5) is 0 Å². The van der Waals surface area contributed by atoms with E-state index in [-0.39, 0.29) is 5.75 Å². The van der Waals surface area contributed by atoms with Gasteiger partial charge in [-0.25, -0.2) is 0 Å². The van der Waals surface area contributed by atoms with Crippen LogP contribution in [0.1, 0.15) is 12.8 Å². The van der Waals surface area contributed by atoms with Crippen LogP contribution in [0.25, 0.3) is 0 Å². The Morgan fingerprint density at radius 2 is 1.81 bits per heavy atom. The lowest BCUT2D eigenvalue weighted by molar-refractivity contribution is -0.913. The Balaban J connectivity index is 2.22. The molecular formula is C10H23N2O3S+. The number of unbranched alkanes of at least 4 members (excludes halogenated alkanes) is 1. The maximum absolute atomic E-state index is 10.5. The molecule has 0 aromatic heterocycles. The van der Waals surface area contributed by atoms with Crippen LogP contribution in [0, 0.1) is 0 Å². The number of nitrogens with zero attached hydrogens (tertiary/aromatic N) is 2. The molecule has 6 heteroatoms. The third kappa shape index (κ3) is 5.25. The highest BCUT2D eigenvalue weighted by atomic mass is 32.2. The first kappa shape index (κ1) is 13.9. The molecule has 0 spiro atoms. The maximum Gasteiger partial charge on any atom is 0.264 e. The Morgan fingerprint density at radius 1 is 1.25 bits per heavy atom. The van der Waals surface area contributed by atoms with Crippen molar-refractivity contribution in [3.63, 3.8) is 0 Å². The summed E-state index contributed by atoms with van der Waals surface area (Å²) >= 11 is 0. The SMILES string of the molecule is CN1CC[N+](C)(CCCCS(=O)(=O)O)CC1. The molecule has 0 bridgehead atoms. The second-order valence-electron chi connectivity index (χ2n) is 5.09. The molecular weight excluding hydrogens is 228 g/mol. The van der Waals surface area contributed by atoms with E-state index in [1.807, 2.05) is 0 Å². The third-order valence-electron chi connectivity index (χ3n) is 3.39. The van der Waals surface area contributed by atoms with Gasteiger partial charge < -0.3 is 4.48 Å². The molecule has 16 heavy (non-hydrogen) atoms. The van der Waals surface area contributed by atoms with Gasteiger partial charge in [-0.3, -0.25) is 9.45 Å². The summed E-state index contributed by atoms with van der Waals surface area (Å²) in [6, 6.07) is 0. The average Bonchev–Trinajstić information content (AvgIpc) is 2.17. The molecule has 1 N–H and O–H groups in total. The summed E-state index contributed by atoms with van der Waals surface area (Å²) in [5, 5.41) is 0. The van der Waals surface area contributed by atoms with Gasteiger partial charge in [0.1, 0.15) is 0 Å². The number of quaternary nitrogens is 1. The topological polar surface area (TPSA) is 57.6 Å². The number of hydrogen-bond donors (Lipinski definition) is 1. The first-order valence-corrected chi connectivity index (χ1v) is 7.39. The van der Waals surface area contributed by atoms with Crippen LogP contribution in [0.3, 0.4) is 0 Å². The zero-order valence-corrected chi connectivity index (χ0v) is 11.0. The van der Waals surface area contributed by atoms with Crippen LogP contribution in [0.15, 0.2) is 0 Å². The van der Waals surface area contributed by atoms with Crippen LogP contribution in [-0.4, -0.2) is 74.9 Å². The van der Waals surface area contributed by atoms with Gasteiger partial charge in [-0.2, -0.15) is 8.42 Å². The minimum atomic E-state index is -3.77. The molecule has 5 nitrogen and oxygen atoms in total. The molecule has 0 aromatic carbocycles. The standard InChI is InChI=1S/C10H22N2O3S/c1-11-5-8-12(2,9-6-11)7-3-4-10-16(13,14)15/h3-10H2,1-2H3/p+1. The first-order chi connectivity index (χ1) is 7.31. The van der Waals surface area contributed by atoms with Crippen LogP contribution in [-0.2, 0) is 10.1 Å². The van der Waals surface area contributed by atoms with E-state index in [9.17, 15) is 8.42 Å². The van der Waals surface area contributed by atoms with Gasteiger partial charge >= 0.3 is 0 Å². The molecule has 96 valence electrons. The Morgan fingerprint density at radius 3 is 2.31 bits per heavy atom. The molecule has 0 saturated carbocycles. The van der Waals surface area contributed by atoms with Gasteiger partial charge in [0.2, 0.25) is 0 Å². The fourth-order valence-electron chi connectivity index (χ4n) is 2.05. The number of piperazine rings is 1. The number of rotatable bonds is 5. The zero-order valence-electron chi connectivity index (χ0n) is 10.2. The summed E-state index contributed by atoms with van der Waals surface area (Å²) in [4.78, 5) is 2.32. The van der Waals surface area contributed by atoms with E-state index in [1.165, 1.54) is 0 Å². The van der Waals surface area contributed by atoms with Crippen LogP contribution < -0.4 is 0 Å². The molecule has 0 aromatic rings. The van der Waals surface area contributed by atoms with E-state index in [0.717, 1.165) is 43.6 Å². The summed E-state index contributed by atoms with van der Waals surface area (Å²) in [5.74, 6) is -0.104. The number of likely N-dealkylation sites (N-methyl/N-ethyl adjacent to an activating group) is 2. The van der Waals surface area contributed by atoms with Gasteiger partial charge in [0, 0.05) is 13.1 Å². The normalized spacial score (nSPS) is 22.2. The van der Waals surface area contributed by atoms with Crippen LogP contribution in [0.2, 0.25) is 0 Å². The van der Waals surface area contributed by atoms with Crippen molar-refractivity contribution >= 4 is 10.1 Å². The van der Waals surface area contributed by atoms with Crippen molar-refractivity contribution in [1.82, 2.24) is 4.90 Å². The Hall–Kier alpha value is -0.170. The van der Waals surface area contributed by atoms with Crippen LogP contribution >= 0.6 is 0 Å². The first-order valence-electron chi connectivity index (χ1n) is 5.78. The summed E-state index contributed by atoms with van der Waals surface area (Å²) in [7, 11) is 0.579. The smallest absolute Gasteiger partial charge is 0.264 e. The van der Waals surface area contributed by atoms with Crippen molar-refractivity contribution in [1.29, 1.82) is 0 Å². The highest BCUT2D eigenvalue weighted by Crippen LogP contribution is 2.11. The van der Waals surface area contributed by atoms with E-state index in [0.29, 0.717) is 6.42 Å². The van der Waals surface area contributed by atoms with Crippen molar-refractivity contribution in [3.8, 4) is 0 Å². The van der Waals surface area contributed by atoms with Crippen molar-refractivity contribution in [2.75, 3.05) is 52.6 Å². The van der Waals surface area contributed by atoms with Crippen molar-refractivity contribution in [2.24, 2.45) is 0 Å². The monoisotopic (exact) mass is 251 g/mol. The quantitative estimate of drug-likeness (QED) is 0.426. The molecule has 0 amide bonds. The molecule has 1 saturated heterocycles. The van der Waals surface area contributed by atoms with E-state index in [1.54, 1.807) is 0 Å². The minimum Gasteiger partial charge on any atom is -0.324 e. The van der Waals surface area contributed by atoms with Gasteiger partial charge in [0.05, 0.1) is 32.4 Å².